The van der Waals surface area contributed by atoms with E-state index in [2.05, 4.69) is 37.1 Å². The van der Waals surface area contributed by atoms with Crippen LogP contribution in [0.3, 0.4) is 0 Å². The molecule has 10 nitrogen and oxygen atoms in total. The smallest absolute Gasteiger partial charge is 0.271 e. The molecular weight excluding hydrogens is 432 g/mol. The molecule has 1 saturated heterocycles. The Balaban J connectivity index is 1.51. The van der Waals surface area contributed by atoms with Crippen LogP contribution < -0.4 is 15.8 Å². The van der Waals surface area contributed by atoms with E-state index in [1.807, 2.05) is 12.1 Å². The first kappa shape index (κ1) is 22.3. The van der Waals surface area contributed by atoms with Gasteiger partial charge >= 0.3 is 0 Å². The van der Waals surface area contributed by atoms with E-state index in [0.29, 0.717) is 23.0 Å². The highest BCUT2D eigenvalue weighted by molar-refractivity contribution is 5.92. The fourth-order valence-electron chi connectivity index (χ4n) is 4.81. The molecule has 0 radical (unpaired) electrons. The van der Waals surface area contributed by atoms with E-state index in [1.165, 1.54) is 0 Å². The lowest BCUT2D eigenvalue weighted by atomic mass is 10.0. The topological polar surface area (TPSA) is 110 Å². The largest absolute Gasteiger partial charge is 0.347 e. The van der Waals surface area contributed by atoms with E-state index in [0.717, 1.165) is 62.0 Å². The van der Waals surface area contributed by atoms with E-state index in [1.54, 1.807) is 31.4 Å². The number of aromatic nitrogens is 4. The average Bonchev–Trinajstić information content (AvgIpc) is 2.84. The summed E-state index contributed by atoms with van der Waals surface area (Å²) >= 11 is 0. The van der Waals surface area contributed by atoms with Gasteiger partial charge in [-0.15, -0.1) is 0 Å². The van der Waals surface area contributed by atoms with Crippen molar-refractivity contribution in [2.75, 3.05) is 44.4 Å². The summed E-state index contributed by atoms with van der Waals surface area (Å²) < 4.78 is 0. The highest BCUT2D eigenvalue weighted by atomic mass is 16.2. The van der Waals surface area contributed by atoms with Gasteiger partial charge in [0.2, 0.25) is 11.9 Å². The number of carbonyl (C=O) groups excluding carboxylic acids is 1. The summed E-state index contributed by atoms with van der Waals surface area (Å²) in [5.41, 5.74) is 2.97. The monoisotopic (exact) mass is 462 g/mol. The maximum Gasteiger partial charge on any atom is 0.271 e. The van der Waals surface area contributed by atoms with Crippen LogP contribution >= 0.6 is 0 Å². The van der Waals surface area contributed by atoms with Crippen LogP contribution in [0.4, 0.5) is 17.5 Å². The Hall–Kier alpha value is -3.53. The predicted molar refractivity (Wildman–Crippen MR) is 131 cm³/mol. The van der Waals surface area contributed by atoms with Gasteiger partial charge in [-0.3, -0.25) is 9.59 Å². The molecule has 2 aliphatic heterocycles. The molecule has 0 aromatic carbocycles. The van der Waals surface area contributed by atoms with Crippen LogP contribution in [-0.4, -0.2) is 75.9 Å². The highest BCUT2D eigenvalue weighted by Gasteiger charge is 2.32. The molecule has 2 aliphatic rings. The predicted octanol–water partition coefficient (Wildman–Crippen LogP) is 1.89. The minimum Gasteiger partial charge on any atom is -0.347 e. The van der Waals surface area contributed by atoms with Gasteiger partial charge in [-0.05, 0) is 44.0 Å². The number of H-pyrrole nitrogens is 1. The number of nitrogens with one attached hydrogen (secondary N) is 2. The Morgan fingerprint density at radius 3 is 2.91 bits per heavy atom. The summed E-state index contributed by atoms with van der Waals surface area (Å²) in [7, 11) is 5.63. The van der Waals surface area contributed by atoms with Gasteiger partial charge in [0.05, 0.1) is 0 Å². The summed E-state index contributed by atoms with van der Waals surface area (Å²) in [5.74, 6) is 1.06. The molecule has 0 aliphatic carbocycles. The molecule has 1 amide bonds. The van der Waals surface area contributed by atoms with E-state index >= 15 is 0 Å². The molecule has 10 heteroatoms. The molecule has 1 atom stereocenters. The zero-order chi connectivity index (χ0) is 23.8. The van der Waals surface area contributed by atoms with Crippen molar-refractivity contribution in [3.05, 3.63) is 46.1 Å². The number of hydrogen-bond acceptors (Lipinski definition) is 8. The second kappa shape index (κ2) is 9.02. The Morgan fingerprint density at radius 1 is 1.24 bits per heavy atom. The number of piperidine rings is 1. The molecule has 3 aromatic rings. The number of amides is 1. The lowest BCUT2D eigenvalue weighted by molar-refractivity contribution is -0.130. The standard InChI is InChI=1S/C24H30N8O2/c1-30(2)23(34)19-6-4-5-10-32(19)21-20-15(7-9-25-21)13-26-24(29-20)28-18-12-16-14-31(3)11-8-17(16)27-22(18)33/h7,9,12-13,19H,4-6,8,10-11,14H2,1-3H3,(H,27,33)(H,26,28,29). The molecule has 2 N–H and O–H groups in total. The Kier molecular flexibility index (Phi) is 5.91. The Labute approximate surface area is 198 Å². The number of anilines is 3. The molecular formula is C24H30N8O2. The number of carbonyl (C=O) groups is 1. The minimum atomic E-state index is -0.270. The summed E-state index contributed by atoms with van der Waals surface area (Å²) in [6, 6.07) is 3.48. The molecule has 34 heavy (non-hydrogen) atoms. The molecule has 3 aromatic heterocycles. The zero-order valence-corrected chi connectivity index (χ0v) is 19.8. The molecule has 1 unspecified atom stereocenters. The van der Waals surface area contributed by atoms with Crippen LogP contribution in [0, 0.1) is 0 Å². The molecule has 5 heterocycles. The van der Waals surface area contributed by atoms with E-state index in [-0.39, 0.29) is 17.5 Å². The lowest BCUT2D eigenvalue weighted by Gasteiger charge is -2.37. The first-order valence-electron chi connectivity index (χ1n) is 11.7. The van der Waals surface area contributed by atoms with Gasteiger partial charge in [0.1, 0.15) is 17.2 Å². The van der Waals surface area contributed by atoms with Gasteiger partial charge in [0, 0.05) is 63.6 Å². The van der Waals surface area contributed by atoms with Crippen molar-refractivity contribution in [1.82, 2.24) is 29.7 Å². The van der Waals surface area contributed by atoms with Crippen LogP contribution in [0.5, 0.6) is 0 Å². The van der Waals surface area contributed by atoms with E-state index in [9.17, 15) is 9.59 Å². The molecule has 0 saturated carbocycles. The summed E-state index contributed by atoms with van der Waals surface area (Å²) in [5, 5.41) is 3.94. The van der Waals surface area contributed by atoms with Crippen molar-refractivity contribution in [2.24, 2.45) is 0 Å². The van der Waals surface area contributed by atoms with Crippen LogP contribution in [0.15, 0.2) is 29.3 Å². The van der Waals surface area contributed by atoms with Gasteiger partial charge in [-0.25, -0.2) is 15.0 Å². The van der Waals surface area contributed by atoms with E-state index < -0.39 is 0 Å². The first-order chi connectivity index (χ1) is 16.4. The summed E-state index contributed by atoms with van der Waals surface area (Å²) in [6.45, 7) is 2.44. The number of pyridine rings is 2. The summed E-state index contributed by atoms with van der Waals surface area (Å²) in [4.78, 5) is 48.3. The molecule has 0 spiro atoms. The molecule has 1 fully saturated rings. The molecule has 5 rings (SSSR count). The van der Waals surface area contributed by atoms with Crippen LogP contribution in [0.25, 0.3) is 10.9 Å². The summed E-state index contributed by atoms with van der Waals surface area (Å²) in [6.07, 6.45) is 7.05. The van der Waals surface area contributed by atoms with Crippen molar-refractivity contribution in [3.8, 4) is 0 Å². The van der Waals surface area contributed by atoms with Crippen molar-refractivity contribution in [2.45, 2.75) is 38.3 Å². The highest BCUT2D eigenvalue weighted by Crippen LogP contribution is 2.30. The van der Waals surface area contributed by atoms with E-state index in [4.69, 9.17) is 4.98 Å². The fraction of sp³-hybridized carbons (Fsp3) is 0.458. The number of hydrogen-bond donors (Lipinski definition) is 2. The van der Waals surface area contributed by atoms with Crippen LogP contribution in [-0.2, 0) is 17.8 Å². The maximum absolute atomic E-state index is 12.9. The second-order valence-corrected chi connectivity index (χ2v) is 9.33. The number of rotatable bonds is 4. The zero-order valence-electron chi connectivity index (χ0n) is 19.8. The lowest BCUT2D eigenvalue weighted by Crippen LogP contribution is -2.49. The fourth-order valence-corrected chi connectivity index (χ4v) is 4.81. The third-order valence-electron chi connectivity index (χ3n) is 6.63. The quantitative estimate of drug-likeness (QED) is 0.605. The maximum atomic E-state index is 12.9. The number of aromatic amines is 1. The van der Waals surface area contributed by atoms with Crippen LogP contribution in [0.2, 0.25) is 0 Å². The SMILES string of the molecule is CN1CCc2[nH]c(=O)c(Nc3ncc4ccnc(N5CCCCC5C(=O)N(C)C)c4n3)cc2C1. The minimum absolute atomic E-state index is 0.0662. The van der Waals surface area contributed by atoms with Gasteiger partial charge in [-0.1, -0.05) is 0 Å². The van der Waals surface area contributed by atoms with Crippen molar-refractivity contribution in [1.29, 1.82) is 0 Å². The van der Waals surface area contributed by atoms with Gasteiger partial charge in [-0.2, -0.15) is 0 Å². The Bertz CT molecular complexity index is 1290. The number of nitrogens with zero attached hydrogens (tertiary/aromatic N) is 6. The van der Waals surface area contributed by atoms with Gasteiger partial charge < -0.3 is 25.0 Å². The molecule has 178 valence electrons. The van der Waals surface area contributed by atoms with Crippen LogP contribution in [0.1, 0.15) is 30.5 Å². The Morgan fingerprint density at radius 2 is 2.09 bits per heavy atom. The first-order valence-corrected chi connectivity index (χ1v) is 11.7. The van der Waals surface area contributed by atoms with Gasteiger partial charge in [0.15, 0.2) is 5.82 Å². The van der Waals surface area contributed by atoms with Crippen molar-refractivity contribution >= 4 is 34.3 Å². The van der Waals surface area contributed by atoms with Crippen molar-refractivity contribution in [3.63, 3.8) is 0 Å². The third-order valence-corrected chi connectivity index (χ3v) is 6.63. The normalized spacial score (nSPS) is 18.6. The average molecular weight is 463 g/mol. The second-order valence-electron chi connectivity index (χ2n) is 9.33. The third kappa shape index (κ3) is 4.21. The molecule has 0 bridgehead atoms. The number of likely N-dealkylation sites (N-methyl/N-ethyl adjacent to an activating group) is 2. The van der Waals surface area contributed by atoms with Gasteiger partial charge in [0.25, 0.3) is 5.56 Å². The van der Waals surface area contributed by atoms with Crippen molar-refractivity contribution < 1.29 is 4.79 Å². The number of fused-ring (bicyclic) bond motifs is 2.